The first kappa shape index (κ1) is 17.5. The van der Waals surface area contributed by atoms with Gasteiger partial charge in [0.1, 0.15) is 5.75 Å². The van der Waals surface area contributed by atoms with Crippen LogP contribution in [0.1, 0.15) is 28.8 Å². The van der Waals surface area contributed by atoms with Gasteiger partial charge in [0.2, 0.25) is 0 Å². The van der Waals surface area contributed by atoms with Crippen molar-refractivity contribution in [2.75, 3.05) is 0 Å². The number of aliphatic carboxylic acids is 1. The van der Waals surface area contributed by atoms with E-state index in [0.29, 0.717) is 16.3 Å². The molecule has 0 bridgehead atoms. The zero-order chi connectivity index (χ0) is 17.5. The summed E-state index contributed by atoms with van der Waals surface area (Å²) in [5.74, 6) is -1.82. The lowest BCUT2D eigenvalue weighted by Gasteiger charge is -2.07. The lowest BCUT2D eigenvalue weighted by atomic mass is 10.1. The maximum absolute atomic E-state index is 12.1. The van der Waals surface area contributed by atoms with Crippen molar-refractivity contribution in [3.63, 3.8) is 0 Å². The van der Waals surface area contributed by atoms with E-state index >= 15 is 0 Å². The normalized spacial score (nSPS) is 11.1. The number of aromatic hydroxyl groups is 1. The number of hydrazone groups is 1. The van der Waals surface area contributed by atoms with Gasteiger partial charge in [-0.15, -0.1) is 0 Å². The largest absolute Gasteiger partial charge is 0.507 e. The van der Waals surface area contributed by atoms with Gasteiger partial charge in [-0.3, -0.25) is 9.59 Å². The van der Waals surface area contributed by atoms with Crippen LogP contribution in [0.15, 0.2) is 53.6 Å². The molecular formula is C17H15ClN2O4. The quantitative estimate of drug-likeness (QED) is 0.553. The summed E-state index contributed by atoms with van der Waals surface area (Å²) in [7, 11) is 0. The van der Waals surface area contributed by atoms with Crippen molar-refractivity contribution in [3.8, 4) is 5.75 Å². The first-order valence-electron chi connectivity index (χ1n) is 7.10. The van der Waals surface area contributed by atoms with E-state index in [4.69, 9.17) is 16.7 Å². The van der Waals surface area contributed by atoms with Crippen LogP contribution in [0.25, 0.3) is 0 Å². The molecule has 0 aliphatic rings. The number of carboxylic acids is 1. The van der Waals surface area contributed by atoms with Gasteiger partial charge >= 0.3 is 5.97 Å². The van der Waals surface area contributed by atoms with Crippen LogP contribution in [0.4, 0.5) is 0 Å². The molecule has 6 nitrogen and oxygen atoms in total. The molecule has 2 aromatic carbocycles. The second kappa shape index (κ2) is 8.12. The molecule has 2 aromatic rings. The SMILES string of the molecule is O=C(O)CCC(=NNC(=O)c1cc(Cl)ccc1O)c1ccccc1. The number of nitrogens with one attached hydrogen (secondary N) is 1. The number of hydrogen-bond donors (Lipinski definition) is 3. The molecule has 24 heavy (non-hydrogen) atoms. The number of benzene rings is 2. The molecule has 0 aromatic heterocycles. The van der Waals surface area contributed by atoms with Gasteiger partial charge in [0.15, 0.2) is 0 Å². The Bertz CT molecular complexity index is 775. The van der Waals surface area contributed by atoms with E-state index in [-0.39, 0.29) is 24.2 Å². The minimum absolute atomic E-state index is 0.0168. The first-order valence-corrected chi connectivity index (χ1v) is 7.48. The third-order valence-electron chi connectivity index (χ3n) is 3.18. The molecule has 0 aliphatic carbocycles. The smallest absolute Gasteiger partial charge is 0.303 e. The number of halogens is 1. The van der Waals surface area contributed by atoms with Gasteiger partial charge in [-0.2, -0.15) is 5.10 Å². The molecule has 0 spiro atoms. The second-order valence-corrected chi connectivity index (χ2v) is 5.36. The van der Waals surface area contributed by atoms with Gasteiger partial charge in [0, 0.05) is 11.4 Å². The zero-order valence-electron chi connectivity index (χ0n) is 12.6. The van der Waals surface area contributed by atoms with Crippen LogP contribution in [-0.4, -0.2) is 27.8 Å². The van der Waals surface area contributed by atoms with Crippen LogP contribution < -0.4 is 5.43 Å². The minimum Gasteiger partial charge on any atom is -0.507 e. The summed E-state index contributed by atoms with van der Waals surface area (Å²) >= 11 is 5.81. The number of amides is 1. The highest BCUT2D eigenvalue weighted by Gasteiger charge is 2.12. The van der Waals surface area contributed by atoms with Crippen molar-refractivity contribution < 1.29 is 19.8 Å². The molecule has 0 heterocycles. The fourth-order valence-electron chi connectivity index (χ4n) is 1.99. The Balaban J connectivity index is 2.21. The lowest BCUT2D eigenvalue weighted by Crippen LogP contribution is -2.20. The molecule has 0 aliphatic heterocycles. The van der Waals surface area contributed by atoms with Crippen LogP contribution in [0.2, 0.25) is 5.02 Å². The Morgan fingerprint density at radius 3 is 2.46 bits per heavy atom. The molecule has 0 atom stereocenters. The van der Waals surface area contributed by atoms with Gasteiger partial charge in [0.05, 0.1) is 17.7 Å². The summed E-state index contributed by atoms with van der Waals surface area (Å²) in [5, 5.41) is 22.9. The maximum atomic E-state index is 12.1. The highest BCUT2D eigenvalue weighted by atomic mass is 35.5. The van der Waals surface area contributed by atoms with E-state index in [2.05, 4.69) is 10.5 Å². The van der Waals surface area contributed by atoms with Crippen LogP contribution in [0, 0.1) is 0 Å². The zero-order valence-corrected chi connectivity index (χ0v) is 13.3. The molecule has 3 N–H and O–H groups in total. The van der Waals surface area contributed by atoms with E-state index in [1.54, 1.807) is 24.3 Å². The highest BCUT2D eigenvalue weighted by molar-refractivity contribution is 6.31. The Morgan fingerprint density at radius 2 is 1.79 bits per heavy atom. The molecule has 0 radical (unpaired) electrons. The molecule has 1 amide bonds. The van der Waals surface area contributed by atoms with E-state index in [9.17, 15) is 14.7 Å². The first-order chi connectivity index (χ1) is 11.5. The van der Waals surface area contributed by atoms with Gasteiger partial charge in [0.25, 0.3) is 5.91 Å². The van der Waals surface area contributed by atoms with Gasteiger partial charge in [-0.1, -0.05) is 41.9 Å². The number of carboxylic acid groups (broad SMARTS) is 1. The van der Waals surface area contributed by atoms with Gasteiger partial charge in [-0.25, -0.2) is 5.43 Å². The van der Waals surface area contributed by atoms with Crippen molar-refractivity contribution in [2.45, 2.75) is 12.8 Å². The average molecular weight is 347 g/mol. The van der Waals surface area contributed by atoms with Crippen molar-refractivity contribution in [1.82, 2.24) is 5.43 Å². The Morgan fingerprint density at radius 1 is 1.08 bits per heavy atom. The number of phenolic OH excluding ortho intramolecular Hbond substituents is 1. The molecule has 0 fully saturated rings. The van der Waals surface area contributed by atoms with Gasteiger partial charge < -0.3 is 10.2 Å². The monoisotopic (exact) mass is 346 g/mol. The molecule has 0 saturated heterocycles. The van der Waals surface area contributed by atoms with Crippen molar-refractivity contribution in [1.29, 1.82) is 0 Å². The number of phenols is 1. The van der Waals surface area contributed by atoms with Crippen LogP contribution in [-0.2, 0) is 4.79 Å². The topological polar surface area (TPSA) is 99.0 Å². The van der Waals surface area contributed by atoms with E-state index in [1.807, 2.05) is 6.07 Å². The van der Waals surface area contributed by atoms with Crippen LogP contribution >= 0.6 is 11.6 Å². The lowest BCUT2D eigenvalue weighted by molar-refractivity contribution is -0.136. The molecule has 0 saturated carbocycles. The third-order valence-corrected chi connectivity index (χ3v) is 3.41. The fraction of sp³-hybridized carbons (Fsp3) is 0.118. The molecular weight excluding hydrogens is 332 g/mol. The van der Waals surface area contributed by atoms with Crippen molar-refractivity contribution >= 4 is 29.2 Å². The number of nitrogens with zero attached hydrogens (tertiary/aromatic N) is 1. The van der Waals surface area contributed by atoms with E-state index in [0.717, 1.165) is 0 Å². The van der Waals surface area contributed by atoms with Crippen LogP contribution in [0.5, 0.6) is 5.75 Å². The number of rotatable bonds is 6. The predicted octanol–water partition coefficient (Wildman–Crippen LogP) is 3.04. The highest BCUT2D eigenvalue weighted by Crippen LogP contribution is 2.21. The fourth-order valence-corrected chi connectivity index (χ4v) is 2.16. The Hall–Kier alpha value is -2.86. The average Bonchev–Trinajstić information content (AvgIpc) is 2.57. The van der Waals surface area contributed by atoms with Crippen molar-refractivity contribution in [2.24, 2.45) is 5.10 Å². The van der Waals surface area contributed by atoms with E-state index in [1.165, 1.54) is 18.2 Å². The summed E-state index contributed by atoms with van der Waals surface area (Å²) in [6, 6.07) is 13.0. The maximum Gasteiger partial charge on any atom is 0.303 e. The van der Waals surface area contributed by atoms with Gasteiger partial charge in [-0.05, 0) is 23.8 Å². The van der Waals surface area contributed by atoms with Crippen molar-refractivity contribution in [3.05, 3.63) is 64.7 Å². The predicted molar refractivity (Wildman–Crippen MR) is 90.4 cm³/mol. The number of carbonyl (C=O) groups is 2. The summed E-state index contributed by atoms with van der Waals surface area (Å²) in [6.07, 6.45) is 0.0349. The summed E-state index contributed by atoms with van der Waals surface area (Å²) < 4.78 is 0. The molecule has 0 unspecified atom stereocenters. The Kier molecular flexibility index (Phi) is 5.92. The third kappa shape index (κ3) is 4.82. The summed E-state index contributed by atoms with van der Waals surface area (Å²) in [6.45, 7) is 0. The summed E-state index contributed by atoms with van der Waals surface area (Å²) in [5.41, 5.74) is 3.44. The molecule has 124 valence electrons. The molecule has 7 heteroatoms. The number of hydrogen-bond acceptors (Lipinski definition) is 4. The molecule has 2 rings (SSSR count). The minimum atomic E-state index is -0.961. The standard InChI is InChI=1S/C17H15ClN2O4/c18-12-6-8-15(21)13(10-12)17(24)20-19-14(7-9-16(22)23)11-4-2-1-3-5-11/h1-6,8,10,21H,7,9H2,(H,20,24)(H,22,23). The summed E-state index contributed by atoms with van der Waals surface area (Å²) in [4.78, 5) is 22.9. The van der Waals surface area contributed by atoms with Crippen LogP contribution in [0.3, 0.4) is 0 Å². The number of carbonyl (C=O) groups excluding carboxylic acids is 1. The van der Waals surface area contributed by atoms with E-state index < -0.39 is 11.9 Å². The second-order valence-electron chi connectivity index (χ2n) is 4.92. The Labute approximate surface area is 143 Å².